The first-order valence-corrected chi connectivity index (χ1v) is 10.5. The number of amides is 1. The van der Waals surface area contributed by atoms with E-state index in [0.29, 0.717) is 39.3 Å². The number of carbonyl (C=O) groups excluding carboxylic acids is 2. The summed E-state index contributed by atoms with van der Waals surface area (Å²) in [5, 5.41) is 6.23. The highest BCUT2D eigenvalue weighted by molar-refractivity contribution is 7.99. The first-order chi connectivity index (χ1) is 14.9. The second-order valence-electron chi connectivity index (χ2n) is 6.80. The van der Waals surface area contributed by atoms with Crippen molar-refractivity contribution in [2.45, 2.75) is 30.3 Å². The maximum absolute atomic E-state index is 11.6. The molecule has 2 N–H and O–H groups in total. The molecule has 1 amide bonds. The van der Waals surface area contributed by atoms with Crippen molar-refractivity contribution < 1.29 is 19.1 Å². The number of ketones is 1. The lowest BCUT2D eigenvalue weighted by Gasteiger charge is -2.28. The third-order valence-corrected chi connectivity index (χ3v) is 5.18. The van der Waals surface area contributed by atoms with Crippen LogP contribution in [0.15, 0.2) is 16.1 Å². The third kappa shape index (κ3) is 6.01. The van der Waals surface area contributed by atoms with E-state index in [1.165, 1.54) is 28.1 Å². The van der Waals surface area contributed by atoms with Gasteiger partial charge in [0, 0.05) is 45.6 Å². The largest absolute Gasteiger partial charge is 0.480 e. The Morgan fingerprint density at radius 2 is 1.74 bits per heavy atom. The number of rotatable bonds is 8. The average Bonchev–Trinajstić information content (AvgIpc) is 2.73. The number of methoxy groups -OCH3 is 2. The number of anilines is 2. The van der Waals surface area contributed by atoms with Crippen molar-refractivity contribution in [3.63, 3.8) is 0 Å². The molecule has 0 unspecified atom stereocenters. The van der Waals surface area contributed by atoms with Gasteiger partial charge in [-0.25, -0.2) is 9.97 Å². The molecule has 11 nitrogen and oxygen atoms in total. The number of ether oxygens (including phenoxy) is 2. The number of hydrogen-bond acceptors (Lipinski definition) is 11. The molecular weight excluding hydrogens is 422 g/mol. The van der Waals surface area contributed by atoms with E-state index in [9.17, 15) is 9.59 Å². The predicted molar refractivity (Wildman–Crippen MR) is 115 cm³/mol. The summed E-state index contributed by atoms with van der Waals surface area (Å²) >= 11 is 1.14. The number of piperazine rings is 1. The maximum Gasteiger partial charge on any atom is 0.236 e. The van der Waals surface area contributed by atoms with Gasteiger partial charge in [-0.2, -0.15) is 9.97 Å². The van der Waals surface area contributed by atoms with E-state index < -0.39 is 0 Å². The van der Waals surface area contributed by atoms with Crippen molar-refractivity contribution in [2.24, 2.45) is 0 Å². The quantitative estimate of drug-likeness (QED) is 0.560. The highest BCUT2D eigenvalue weighted by atomic mass is 32.2. The van der Waals surface area contributed by atoms with Gasteiger partial charge in [-0.05, 0) is 18.7 Å². The molecule has 31 heavy (non-hydrogen) atoms. The predicted octanol–water partition coefficient (Wildman–Crippen LogP) is 0.934. The molecule has 2 aromatic heterocycles. The van der Waals surface area contributed by atoms with Gasteiger partial charge in [-0.1, -0.05) is 0 Å². The molecule has 2 aromatic rings. The lowest BCUT2D eigenvalue weighted by molar-refractivity contribution is -0.116. The van der Waals surface area contributed by atoms with Crippen LogP contribution in [0.1, 0.15) is 19.5 Å². The molecular formula is C19H25N7O4S. The Kier molecular flexibility index (Phi) is 7.58. The average molecular weight is 448 g/mol. The van der Waals surface area contributed by atoms with E-state index >= 15 is 0 Å². The fourth-order valence-electron chi connectivity index (χ4n) is 2.97. The molecule has 0 atom stereocenters. The molecule has 1 fully saturated rings. The van der Waals surface area contributed by atoms with Crippen LogP contribution >= 0.6 is 11.8 Å². The van der Waals surface area contributed by atoms with E-state index in [-0.39, 0.29) is 18.1 Å². The molecule has 1 saturated heterocycles. The Hall–Kier alpha value is -2.99. The number of hydrogen-bond donors (Lipinski definition) is 2. The Bertz CT molecular complexity index is 907. The van der Waals surface area contributed by atoms with Gasteiger partial charge in [0.25, 0.3) is 0 Å². The number of nitrogens with one attached hydrogen (secondary N) is 2. The number of Topliss-reactive ketones (excluding diaryl/α,β-unsaturated/α-hetero) is 1. The molecule has 3 heterocycles. The number of carbonyl (C=O) groups is 2. The smallest absolute Gasteiger partial charge is 0.236 e. The molecule has 166 valence electrons. The summed E-state index contributed by atoms with van der Waals surface area (Å²) in [6.07, 6.45) is 0.120. The van der Waals surface area contributed by atoms with Crippen LogP contribution in [0.3, 0.4) is 0 Å². The number of aromatic nitrogens is 4. The van der Waals surface area contributed by atoms with Gasteiger partial charge in [0.2, 0.25) is 23.6 Å². The van der Waals surface area contributed by atoms with Crippen LogP contribution in [0.25, 0.3) is 0 Å². The van der Waals surface area contributed by atoms with E-state index in [2.05, 4.69) is 35.5 Å². The van der Waals surface area contributed by atoms with Gasteiger partial charge < -0.3 is 25.0 Å². The Balaban J connectivity index is 1.98. The summed E-state index contributed by atoms with van der Waals surface area (Å²) in [5.74, 6) is 1.14. The van der Waals surface area contributed by atoms with Crippen LogP contribution in [-0.4, -0.2) is 72.0 Å². The molecule has 0 spiro atoms. The zero-order valence-corrected chi connectivity index (χ0v) is 18.7. The van der Waals surface area contributed by atoms with Crippen molar-refractivity contribution in [1.29, 1.82) is 0 Å². The van der Waals surface area contributed by atoms with Gasteiger partial charge in [-0.3, -0.25) is 9.59 Å². The van der Waals surface area contributed by atoms with E-state index in [1.807, 2.05) is 0 Å². The molecule has 0 bridgehead atoms. The molecule has 12 heteroatoms. The van der Waals surface area contributed by atoms with E-state index in [1.54, 1.807) is 6.07 Å². The van der Waals surface area contributed by atoms with Crippen molar-refractivity contribution in [3.8, 4) is 11.8 Å². The van der Waals surface area contributed by atoms with E-state index in [0.717, 1.165) is 37.9 Å². The molecule has 1 aliphatic heterocycles. The lowest BCUT2D eigenvalue weighted by Crippen LogP contribution is -2.44. The molecule has 0 radical (unpaired) electrons. The normalized spacial score (nSPS) is 13.6. The second kappa shape index (κ2) is 10.4. The highest BCUT2D eigenvalue weighted by Crippen LogP contribution is 2.40. The van der Waals surface area contributed by atoms with Crippen LogP contribution in [-0.2, 0) is 16.0 Å². The maximum atomic E-state index is 11.6. The molecule has 0 aromatic carbocycles. The fraction of sp³-hybridized carbons (Fsp3) is 0.474. The lowest BCUT2D eigenvalue weighted by atomic mass is 10.2. The fourth-order valence-corrected chi connectivity index (χ4v) is 3.89. The summed E-state index contributed by atoms with van der Waals surface area (Å²) in [5.41, 5.74) is 0.491. The molecule has 1 aliphatic rings. The van der Waals surface area contributed by atoms with Crippen molar-refractivity contribution in [2.75, 3.05) is 50.6 Å². The number of nitrogens with zero attached hydrogens (tertiary/aromatic N) is 5. The van der Waals surface area contributed by atoms with Crippen LogP contribution < -0.4 is 25.0 Å². The Morgan fingerprint density at radius 1 is 1.10 bits per heavy atom. The summed E-state index contributed by atoms with van der Waals surface area (Å²) < 4.78 is 11.0. The zero-order valence-electron chi connectivity index (χ0n) is 17.9. The summed E-state index contributed by atoms with van der Waals surface area (Å²) in [6.45, 7) is 6.08. The van der Waals surface area contributed by atoms with Crippen LogP contribution in [0.4, 0.5) is 11.8 Å². The summed E-state index contributed by atoms with van der Waals surface area (Å²) in [6, 6.07) is 1.57. The zero-order chi connectivity index (χ0) is 22.4. The Morgan fingerprint density at radius 3 is 2.29 bits per heavy atom. The van der Waals surface area contributed by atoms with Gasteiger partial charge in [0.1, 0.15) is 16.5 Å². The van der Waals surface area contributed by atoms with Gasteiger partial charge in [-0.15, -0.1) is 0 Å². The molecule has 0 aliphatic carbocycles. The van der Waals surface area contributed by atoms with Crippen LogP contribution in [0, 0.1) is 0 Å². The van der Waals surface area contributed by atoms with Gasteiger partial charge in [0.15, 0.2) is 5.16 Å². The van der Waals surface area contributed by atoms with Gasteiger partial charge >= 0.3 is 0 Å². The monoisotopic (exact) mass is 447 g/mol. The van der Waals surface area contributed by atoms with Crippen LogP contribution in [0.2, 0.25) is 0 Å². The second-order valence-corrected chi connectivity index (χ2v) is 7.77. The van der Waals surface area contributed by atoms with Crippen molar-refractivity contribution in [3.05, 3.63) is 11.8 Å². The summed E-state index contributed by atoms with van der Waals surface area (Å²) in [7, 11) is 3.03. The molecule has 0 saturated carbocycles. The minimum atomic E-state index is -0.276. The minimum absolute atomic E-state index is 0.0534. The van der Waals surface area contributed by atoms with Crippen molar-refractivity contribution >= 4 is 35.2 Å². The van der Waals surface area contributed by atoms with Crippen LogP contribution in [0.5, 0.6) is 11.8 Å². The molecule has 3 rings (SSSR count). The first kappa shape index (κ1) is 22.7. The van der Waals surface area contributed by atoms with E-state index in [4.69, 9.17) is 9.47 Å². The van der Waals surface area contributed by atoms with Crippen molar-refractivity contribution in [1.82, 2.24) is 25.3 Å². The first-order valence-electron chi connectivity index (χ1n) is 9.68. The Labute approximate surface area is 184 Å². The SMILES string of the molecule is COc1nc(N2CCNCC2)nc(OC)c1Sc1nc(CC(C)=O)cc(NC(C)=O)n1. The van der Waals surface area contributed by atoms with Gasteiger partial charge in [0.05, 0.1) is 19.9 Å². The topological polar surface area (TPSA) is 131 Å². The standard InChI is InChI=1S/C19H25N7O4S/c1-11(27)9-13-10-14(21-12(2)28)23-19(22-13)31-15-16(29-3)24-18(25-17(15)30-4)26-7-5-20-6-8-26/h10,20H,5-9H2,1-4H3,(H,21,22,23,28). The minimum Gasteiger partial charge on any atom is -0.480 e. The summed E-state index contributed by atoms with van der Waals surface area (Å²) in [4.78, 5) is 43.5. The highest BCUT2D eigenvalue weighted by Gasteiger charge is 2.23. The third-order valence-electron chi connectivity index (χ3n) is 4.26.